The summed E-state index contributed by atoms with van der Waals surface area (Å²) in [6.45, 7) is 4.04. The minimum Gasteiger partial charge on any atom is -0.480 e. The topological polar surface area (TPSA) is 85.8 Å². The van der Waals surface area contributed by atoms with Crippen LogP contribution in [0.4, 0.5) is 5.69 Å². The summed E-state index contributed by atoms with van der Waals surface area (Å²) in [4.78, 5) is 33.8. The molecule has 1 amide bonds. The third-order valence-electron chi connectivity index (χ3n) is 6.54. The fourth-order valence-corrected chi connectivity index (χ4v) is 5.26. The minimum atomic E-state index is -1.15. The van der Waals surface area contributed by atoms with Gasteiger partial charge in [-0.05, 0) is 37.1 Å². The van der Waals surface area contributed by atoms with E-state index in [1.807, 2.05) is 12.1 Å². The Balaban J connectivity index is 1.35. The van der Waals surface area contributed by atoms with Crippen LogP contribution in [0.25, 0.3) is 0 Å². The van der Waals surface area contributed by atoms with E-state index in [-0.39, 0.29) is 22.0 Å². The van der Waals surface area contributed by atoms with Crippen LogP contribution in [0, 0.1) is 0 Å². The molecule has 2 fully saturated rings. The zero-order valence-electron chi connectivity index (χ0n) is 18.3. The molecule has 1 saturated heterocycles. The highest BCUT2D eigenvalue weighted by molar-refractivity contribution is 6.39. The van der Waals surface area contributed by atoms with E-state index in [2.05, 4.69) is 20.1 Å². The van der Waals surface area contributed by atoms with Crippen molar-refractivity contribution in [2.24, 2.45) is 0 Å². The van der Waals surface area contributed by atoms with Gasteiger partial charge in [0.1, 0.15) is 6.04 Å². The van der Waals surface area contributed by atoms with Gasteiger partial charge in [-0.2, -0.15) is 0 Å². The maximum atomic E-state index is 12.6. The summed E-state index contributed by atoms with van der Waals surface area (Å²) in [7, 11) is 0. The van der Waals surface area contributed by atoms with Gasteiger partial charge in [-0.3, -0.25) is 14.7 Å². The molecule has 7 nitrogen and oxygen atoms in total. The van der Waals surface area contributed by atoms with E-state index < -0.39 is 17.9 Å². The first-order chi connectivity index (χ1) is 15.9. The Morgan fingerprint density at radius 1 is 1.06 bits per heavy atom. The number of benzene rings is 1. The van der Waals surface area contributed by atoms with Gasteiger partial charge in [0.2, 0.25) is 0 Å². The number of carboxylic acids is 1. The highest BCUT2D eigenvalue weighted by Crippen LogP contribution is 2.26. The monoisotopic (exact) mass is 490 g/mol. The summed E-state index contributed by atoms with van der Waals surface area (Å²) in [5.74, 6) is -1.78. The van der Waals surface area contributed by atoms with Gasteiger partial charge in [-0.15, -0.1) is 0 Å². The molecule has 33 heavy (non-hydrogen) atoms. The van der Waals surface area contributed by atoms with Crippen LogP contribution in [-0.4, -0.2) is 65.1 Å². The fraction of sp³-hybridized carbons (Fsp3) is 0.458. The van der Waals surface area contributed by atoms with E-state index in [1.54, 1.807) is 12.3 Å². The van der Waals surface area contributed by atoms with Gasteiger partial charge < -0.3 is 15.3 Å². The maximum absolute atomic E-state index is 12.6. The van der Waals surface area contributed by atoms with Gasteiger partial charge in [0, 0.05) is 44.3 Å². The Bertz CT molecular complexity index is 967. The lowest BCUT2D eigenvalue weighted by atomic mass is 10.1. The summed E-state index contributed by atoms with van der Waals surface area (Å²) < 4.78 is 0. The van der Waals surface area contributed by atoms with Gasteiger partial charge in [-0.25, -0.2) is 4.79 Å². The third kappa shape index (κ3) is 5.78. The number of carboxylic acid groups (broad SMARTS) is 1. The summed E-state index contributed by atoms with van der Waals surface area (Å²) in [6, 6.07) is 8.08. The predicted octanol–water partition coefficient (Wildman–Crippen LogP) is 3.88. The number of carbonyl (C=O) groups is 2. The zero-order valence-corrected chi connectivity index (χ0v) is 19.9. The molecule has 0 spiro atoms. The fourth-order valence-electron chi connectivity index (χ4n) is 4.69. The lowest BCUT2D eigenvalue weighted by Gasteiger charge is -2.39. The largest absolute Gasteiger partial charge is 0.480 e. The van der Waals surface area contributed by atoms with E-state index in [4.69, 9.17) is 23.2 Å². The normalized spacial score (nSPS) is 18.3. The van der Waals surface area contributed by atoms with Crippen molar-refractivity contribution in [1.29, 1.82) is 0 Å². The lowest BCUT2D eigenvalue weighted by Crippen LogP contribution is -2.49. The molecule has 1 atom stereocenters. The van der Waals surface area contributed by atoms with Crippen LogP contribution in [0.2, 0.25) is 10.0 Å². The van der Waals surface area contributed by atoms with Gasteiger partial charge >= 0.3 is 5.97 Å². The molecule has 4 rings (SSSR count). The number of halogens is 2. The Morgan fingerprint density at radius 3 is 2.30 bits per heavy atom. The number of nitrogens with one attached hydrogen (secondary N) is 1. The Hall–Kier alpha value is -2.35. The first kappa shape index (κ1) is 23.8. The molecule has 1 aliphatic carbocycles. The van der Waals surface area contributed by atoms with Crippen molar-refractivity contribution in [2.75, 3.05) is 31.1 Å². The van der Waals surface area contributed by atoms with Gasteiger partial charge in [0.05, 0.1) is 27.5 Å². The molecule has 0 radical (unpaired) electrons. The van der Waals surface area contributed by atoms with Gasteiger partial charge in [-0.1, -0.05) is 42.1 Å². The number of hydrogen-bond acceptors (Lipinski definition) is 5. The second-order valence-corrected chi connectivity index (χ2v) is 9.45. The van der Waals surface area contributed by atoms with Crippen LogP contribution in [0.3, 0.4) is 0 Å². The Labute approximate surface area is 203 Å². The highest BCUT2D eigenvalue weighted by atomic mass is 35.5. The molecule has 0 bridgehead atoms. The second kappa shape index (κ2) is 10.7. The number of piperazine rings is 1. The van der Waals surface area contributed by atoms with Crippen molar-refractivity contribution in [3.8, 4) is 0 Å². The number of carbonyl (C=O) groups excluding carboxylic acids is 1. The number of hydrogen-bond donors (Lipinski definition) is 2. The first-order valence-electron chi connectivity index (χ1n) is 11.3. The second-order valence-electron chi connectivity index (χ2n) is 8.63. The van der Waals surface area contributed by atoms with Gasteiger partial charge in [0.15, 0.2) is 0 Å². The predicted molar refractivity (Wildman–Crippen MR) is 129 cm³/mol. The van der Waals surface area contributed by atoms with E-state index in [1.165, 1.54) is 37.8 Å². The number of aliphatic carboxylic acids is 1. The standard InChI is InChI=1S/C24H28Cl2N4O3/c25-19-6-3-7-20(26)22(19)23(31)28-21(24(32)33)14-16-8-9-18(15-27-16)30-12-10-29(11-13-30)17-4-1-2-5-17/h3,6-9,15,17,21H,1-2,4-5,10-14H2,(H,28,31)(H,32,33)/t21-/m0/s1. The molecule has 2 N–H and O–H groups in total. The van der Waals surface area contributed by atoms with Crippen molar-refractivity contribution in [3.05, 3.63) is 57.8 Å². The molecule has 2 aliphatic rings. The summed E-state index contributed by atoms with van der Waals surface area (Å²) >= 11 is 12.1. The van der Waals surface area contributed by atoms with E-state index in [9.17, 15) is 14.7 Å². The number of anilines is 1. The molecule has 1 aromatic heterocycles. The number of nitrogens with zero attached hydrogens (tertiary/aromatic N) is 3. The lowest BCUT2D eigenvalue weighted by molar-refractivity contribution is -0.139. The molecule has 1 saturated carbocycles. The molecular formula is C24H28Cl2N4O3. The van der Waals surface area contributed by atoms with Crippen LogP contribution >= 0.6 is 23.2 Å². The number of amides is 1. The molecule has 9 heteroatoms. The molecule has 176 valence electrons. The average molecular weight is 491 g/mol. The molecule has 0 unspecified atom stereocenters. The highest BCUT2D eigenvalue weighted by Gasteiger charge is 2.27. The van der Waals surface area contributed by atoms with Crippen molar-refractivity contribution >= 4 is 40.8 Å². The minimum absolute atomic E-state index is 0.0544. The van der Waals surface area contributed by atoms with E-state index in [0.717, 1.165) is 37.9 Å². The number of aromatic nitrogens is 1. The summed E-state index contributed by atoms with van der Waals surface area (Å²) in [6.07, 6.45) is 7.17. The van der Waals surface area contributed by atoms with Crippen molar-refractivity contribution in [3.63, 3.8) is 0 Å². The third-order valence-corrected chi connectivity index (χ3v) is 7.17. The Morgan fingerprint density at radius 2 is 1.73 bits per heavy atom. The van der Waals surface area contributed by atoms with Crippen molar-refractivity contribution < 1.29 is 14.7 Å². The van der Waals surface area contributed by atoms with Crippen LogP contribution in [0.1, 0.15) is 41.7 Å². The first-order valence-corrected chi connectivity index (χ1v) is 12.1. The average Bonchev–Trinajstić information content (AvgIpc) is 3.34. The molecule has 2 heterocycles. The maximum Gasteiger partial charge on any atom is 0.326 e. The van der Waals surface area contributed by atoms with Crippen LogP contribution in [0.5, 0.6) is 0 Å². The van der Waals surface area contributed by atoms with Crippen molar-refractivity contribution in [1.82, 2.24) is 15.2 Å². The van der Waals surface area contributed by atoms with E-state index >= 15 is 0 Å². The van der Waals surface area contributed by atoms with Crippen LogP contribution < -0.4 is 10.2 Å². The molecule has 2 aromatic rings. The molecule has 1 aliphatic heterocycles. The Kier molecular flexibility index (Phi) is 7.73. The smallest absolute Gasteiger partial charge is 0.326 e. The van der Waals surface area contributed by atoms with Crippen LogP contribution in [0.15, 0.2) is 36.5 Å². The van der Waals surface area contributed by atoms with Gasteiger partial charge in [0.25, 0.3) is 5.91 Å². The zero-order chi connectivity index (χ0) is 23.4. The quantitative estimate of drug-likeness (QED) is 0.612. The SMILES string of the molecule is O=C(N[C@@H](Cc1ccc(N2CCN(C3CCCC3)CC2)cn1)C(=O)O)c1c(Cl)cccc1Cl. The summed E-state index contributed by atoms with van der Waals surface area (Å²) in [5, 5.41) is 12.5. The number of rotatable bonds is 7. The molecular weight excluding hydrogens is 463 g/mol. The van der Waals surface area contributed by atoms with Crippen molar-refractivity contribution in [2.45, 2.75) is 44.2 Å². The van der Waals surface area contributed by atoms with Crippen LogP contribution in [-0.2, 0) is 11.2 Å². The summed E-state index contributed by atoms with van der Waals surface area (Å²) in [5.41, 5.74) is 1.68. The molecule has 1 aromatic carbocycles. The van der Waals surface area contributed by atoms with E-state index in [0.29, 0.717) is 5.69 Å². The number of pyridine rings is 1.